The van der Waals surface area contributed by atoms with Crippen LogP contribution in [0.2, 0.25) is 5.02 Å². The third-order valence-electron chi connectivity index (χ3n) is 1.91. The van der Waals surface area contributed by atoms with Crippen molar-refractivity contribution in [3.63, 3.8) is 0 Å². The van der Waals surface area contributed by atoms with E-state index in [2.05, 4.69) is 22.6 Å². The second-order valence-corrected chi connectivity index (χ2v) is 4.07. The maximum absolute atomic E-state index is 11.3. The van der Waals surface area contributed by atoms with Crippen molar-refractivity contribution in [3.8, 4) is 0 Å². The third-order valence-corrected chi connectivity index (χ3v) is 2.97. The molecule has 0 amide bonds. The highest BCUT2D eigenvalue weighted by atomic mass is 127. The summed E-state index contributed by atoms with van der Waals surface area (Å²) in [6.45, 7) is 0. The first-order valence-corrected chi connectivity index (χ1v) is 5.89. The minimum Gasteiger partial charge on any atom is -0.423 e. The number of benzene rings is 1. The van der Waals surface area contributed by atoms with Crippen molar-refractivity contribution in [1.82, 2.24) is 0 Å². The van der Waals surface area contributed by atoms with Crippen LogP contribution >= 0.6 is 34.2 Å². The molecule has 0 unspecified atom stereocenters. The van der Waals surface area contributed by atoms with Crippen molar-refractivity contribution in [3.05, 3.63) is 45.3 Å². The first kappa shape index (κ1) is 9.98. The van der Waals surface area contributed by atoms with E-state index in [0.717, 1.165) is 5.39 Å². The van der Waals surface area contributed by atoms with E-state index in [0.29, 0.717) is 20.6 Å². The summed E-state index contributed by atoms with van der Waals surface area (Å²) in [5.41, 5.74) is 0.975. The molecule has 0 radical (unpaired) electrons. The van der Waals surface area contributed by atoms with E-state index in [4.69, 9.17) is 16.0 Å². The van der Waals surface area contributed by atoms with Gasteiger partial charge in [-0.2, -0.15) is 0 Å². The summed E-state index contributed by atoms with van der Waals surface area (Å²) in [4.78, 5) is 11.3. The highest BCUT2D eigenvalue weighted by Crippen LogP contribution is 2.19. The van der Waals surface area contributed by atoms with Gasteiger partial charge in [-0.15, -0.1) is 0 Å². The van der Waals surface area contributed by atoms with Gasteiger partial charge < -0.3 is 4.42 Å². The molecule has 14 heavy (non-hydrogen) atoms. The van der Waals surface area contributed by atoms with Gasteiger partial charge in [0.25, 0.3) is 0 Å². The van der Waals surface area contributed by atoms with Crippen LogP contribution in [0.3, 0.4) is 0 Å². The molecule has 1 aromatic carbocycles. The molecule has 2 aromatic rings. The topological polar surface area (TPSA) is 30.2 Å². The summed E-state index contributed by atoms with van der Waals surface area (Å²) in [6.07, 6.45) is 0. The molecule has 0 N–H and O–H groups in total. The monoisotopic (exact) mass is 320 g/mol. The molecule has 0 fully saturated rings. The van der Waals surface area contributed by atoms with Crippen molar-refractivity contribution < 1.29 is 4.42 Å². The minimum absolute atomic E-state index is 0.269. The van der Waals surface area contributed by atoms with E-state index >= 15 is 0 Å². The predicted molar refractivity (Wildman–Crippen MR) is 65.2 cm³/mol. The number of rotatable bonds is 1. The smallest absolute Gasteiger partial charge is 0.340 e. The van der Waals surface area contributed by atoms with E-state index in [-0.39, 0.29) is 5.63 Å². The largest absolute Gasteiger partial charge is 0.423 e. The zero-order chi connectivity index (χ0) is 10.1. The molecule has 0 spiro atoms. The summed E-state index contributed by atoms with van der Waals surface area (Å²) in [5.74, 6) is 0. The second kappa shape index (κ2) is 3.90. The summed E-state index contributed by atoms with van der Waals surface area (Å²) in [7, 11) is 0. The molecule has 0 saturated carbocycles. The lowest BCUT2D eigenvalue weighted by Crippen LogP contribution is -2.04. The summed E-state index contributed by atoms with van der Waals surface area (Å²) in [6, 6.07) is 7.02. The van der Waals surface area contributed by atoms with Gasteiger partial charge in [0, 0.05) is 20.4 Å². The van der Waals surface area contributed by atoms with Gasteiger partial charge in [0.05, 0.1) is 0 Å². The molecule has 0 aliphatic carbocycles. The quantitative estimate of drug-likeness (QED) is 0.458. The number of alkyl halides is 1. The number of hydrogen-bond donors (Lipinski definition) is 0. The Morgan fingerprint density at radius 1 is 1.36 bits per heavy atom. The molecule has 72 valence electrons. The molecule has 0 saturated heterocycles. The van der Waals surface area contributed by atoms with Crippen molar-refractivity contribution in [2.24, 2.45) is 0 Å². The first-order valence-electron chi connectivity index (χ1n) is 3.99. The van der Waals surface area contributed by atoms with Crippen molar-refractivity contribution in [2.45, 2.75) is 4.43 Å². The first-order chi connectivity index (χ1) is 6.70. The lowest BCUT2D eigenvalue weighted by atomic mass is 10.2. The molecule has 0 bridgehead atoms. The minimum atomic E-state index is -0.269. The third kappa shape index (κ3) is 1.79. The van der Waals surface area contributed by atoms with Crippen molar-refractivity contribution in [1.29, 1.82) is 0 Å². The Balaban J connectivity index is 2.80. The fourth-order valence-electron chi connectivity index (χ4n) is 1.23. The lowest BCUT2D eigenvalue weighted by Gasteiger charge is -1.99. The van der Waals surface area contributed by atoms with Crippen LogP contribution in [0.4, 0.5) is 0 Å². The molecule has 1 aromatic heterocycles. The lowest BCUT2D eigenvalue weighted by molar-refractivity contribution is 0.555. The average Bonchev–Trinajstić information content (AvgIpc) is 2.17. The standard InChI is InChI=1S/C10H6ClIO2/c11-8-1-2-9-6(4-8)3-7(5-12)10(13)14-9/h1-4H,5H2. The normalized spacial score (nSPS) is 10.7. The van der Waals surface area contributed by atoms with Crippen LogP contribution in [0.1, 0.15) is 5.56 Å². The summed E-state index contributed by atoms with van der Waals surface area (Å²) >= 11 is 7.96. The average molecular weight is 321 g/mol. The number of fused-ring (bicyclic) bond motifs is 1. The fourth-order valence-corrected chi connectivity index (χ4v) is 1.94. The van der Waals surface area contributed by atoms with Crippen LogP contribution in [0.15, 0.2) is 33.5 Å². The van der Waals surface area contributed by atoms with Crippen molar-refractivity contribution >= 4 is 45.2 Å². The molecular weight excluding hydrogens is 314 g/mol. The van der Waals surface area contributed by atoms with E-state index in [9.17, 15) is 4.79 Å². The van der Waals surface area contributed by atoms with E-state index in [1.165, 1.54) is 0 Å². The molecule has 0 atom stereocenters. The molecule has 2 nitrogen and oxygen atoms in total. The molecule has 0 aliphatic rings. The SMILES string of the molecule is O=c1oc2ccc(Cl)cc2cc1CI. The molecule has 1 heterocycles. The zero-order valence-electron chi connectivity index (χ0n) is 7.09. The molecule has 4 heteroatoms. The molecule has 0 aliphatic heterocycles. The zero-order valence-corrected chi connectivity index (χ0v) is 10.0. The van der Waals surface area contributed by atoms with Crippen LogP contribution in [-0.2, 0) is 4.43 Å². The van der Waals surface area contributed by atoms with Crippen LogP contribution < -0.4 is 5.63 Å². The van der Waals surface area contributed by atoms with Gasteiger partial charge >= 0.3 is 5.63 Å². The number of hydrogen-bond acceptors (Lipinski definition) is 2. The molecule has 2 rings (SSSR count). The summed E-state index contributed by atoms with van der Waals surface area (Å²) < 4.78 is 5.76. The van der Waals surface area contributed by atoms with E-state index in [1.807, 2.05) is 6.07 Å². The van der Waals surface area contributed by atoms with Gasteiger partial charge in [-0.3, -0.25) is 0 Å². The second-order valence-electron chi connectivity index (χ2n) is 2.87. The van der Waals surface area contributed by atoms with Crippen molar-refractivity contribution in [2.75, 3.05) is 0 Å². The van der Waals surface area contributed by atoms with Crippen LogP contribution in [-0.4, -0.2) is 0 Å². The van der Waals surface area contributed by atoms with Gasteiger partial charge in [0.1, 0.15) is 5.58 Å². The molecular formula is C10H6ClIO2. The Kier molecular flexibility index (Phi) is 2.78. The fraction of sp³-hybridized carbons (Fsp3) is 0.100. The van der Waals surface area contributed by atoms with Gasteiger partial charge in [-0.25, -0.2) is 4.79 Å². The van der Waals surface area contributed by atoms with E-state index < -0.39 is 0 Å². The van der Waals surface area contributed by atoms with Gasteiger partial charge in [-0.05, 0) is 24.3 Å². The predicted octanol–water partition coefficient (Wildman–Crippen LogP) is 3.38. The van der Waals surface area contributed by atoms with Crippen LogP contribution in [0.5, 0.6) is 0 Å². The van der Waals surface area contributed by atoms with Gasteiger partial charge in [0.15, 0.2) is 0 Å². The summed E-state index contributed by atoms with van der Waals surface area (Å²) in [5, 5.41) is 1.51. The highest BCUT2D eigenvalue weighted by molar-refractivity contribution is 14.1. The maximum Gasteiger partial charge on any atom is 0.340 e. The number of halogens is 2. The maximum atomic E-state index is 11.3. The Morgan fingerprint density at radius 3 is 2.86 bits per heavy atom. The van der Waals surface area contributed by atoms with Gasteiger partial charge in [-0.1, -0.05) is 34.2 Å². The van der Waals surface area contributed by atoms with Gasteiger partial charge in [0.2, 0.25) is 0 Å². The Labute approximate surface area is 99.0 Å². The Hall–Kier alpha value is -0.550. The van der Waals surface area contributed by atoms with Crippen LogP contribution in [0, 0.1) is 0 Å². The highest BCUT2D eigenvalue weighted by Gasteiger charge is 2.03. The van der Waals surface area contributed by atoms with Crippen LogP contribution in [0.25, 0.3) is 11.0 Å². The Morgan fingerprint density at radius 2 is 2.14 bits per heavy atom. The van der Waals surface area contributed by atoms with E-state index in [1.54, 1.807) is 18.2 Å². The Bertz CT molecular complexity index is 533.